The summed E-state index contributed by atoms with van der Waals surface area (Å²) in [7, 11) is -3.35. The van der Waals surface area contributed by atoms with Crippen LogP contribution in [0.15, 0.2) is 60.9 Å². The zero-order valence-electron chi connectivity index (χ0n) is 16.7. The predicted octanol–water partition coefficient (Wildman–Crippen LogP) is 2.90. The van der Waals surface area contributed by atoms with E-state index in [4.69, 9.17) is 0 Å². The molecule has 0 bridgehead atoms. The maximum absolute atomic E-state index is 12.6. The highest BCUT2D eigenvalue weighted by Crippen LogP contribution is 2.19. The van der Waals surface area contributed by atoms with Gasteiger partial charge in [0.15, 0.2) is 0 Å². The second-order valence-corrected chi connectivity index (χ2v) is 8.54. The molecule has 0 saturated carbocycles. The summed E-state index contributed by atoms with van der Waals surface area (Å²) in [5, 5.41) is 2.93. The first kappa shape index (κ1) is 20.6. The Morgan fingerprint density at radius 3 is 2.41 bits per heavy atom. The number of rotatable bonds is 7. The fourth-order valence-corrected chi connectivity index (χ4v) is 4.17. The molecular formula is C21H24N4O3S. The number of aromatic nitrogens is 2. The van der Waals surface area contributed by atoms with Crippen LogP contribution in [0.3, 0.4) is 0 Å². The molecule has 0 unspecified atom stereocenters. The van der Waals surface area contributed by atoms with Crippen LogP contribution < -0.4 is 9.62 Å². The van der Waals surface area contributed by atoms with Crippen LogP contribution in [-0.4, -0.2) is 36.7 Å². The lowest BCUT2D eigenvalue weighted by Crippen LogP contribution is -2.29. The third kappa shape index (κ3) is 4.65. The maximum atomic E-state index is 12.6. The van der Waals surface area contributed by atoms with Crippen LogP contribution in [0, 0.1) is 6.92 Å². The normalized spacial score (nSPS) is 11.3. The number of anilines is 1. The first-order valence-electron chi connectivity index (χ1n) is 9.25. The highest BCUT2D eigenvalue weighted by molar-refractivity contribution is 7.92. The number of hydrogen-bond acceptors (Lipinski definition) is 4. The SMILES string of the molecule is CCN(c1ccc(C(=O)NCc2ccccc2-n2ccnc2C)cc1)S(C)(=O)=O. The Morgan fingerprint density at radius 1 is 1.14 bits per heavy atom. The number of carbonyl (C=O) groups is 1. The minimum absolute atomic E-state index is 0.226. The van der Waals surface area contributed by atoms with E-state index in [1.807, 2.05) is 42.0 Å². The highest BCUT2D eigenvalue weighted by Gasteiger charge is 2.16. The van der Waals surface area contributed by atoms with Gasteiger partial charge in [0, 0.05) is 31.0 Å². The van der Waals surface area contributed by atoms with Gasteiger partial charge in [-0.1, -0.05) is 18.2 Å². The molecule has 3 aromatic rings. The van der Waals surface area contributed by atoms with Gasteiger partial charge in [-0.25, -0.2) is 13.4 Å². The molecule has 0 fully saturated rings. The summed E-state index contributed by atoms with van der Waals surface area (Å²) in [6, 6.07) is 14.4. The van der Waals surface area contributed by atoms with Crippen molar-refractivity contribution in [3.8, 4) is 5.69 Å². The Balaban J connectivity index is 1.73. The number of amides is 1. The Labute approximate surface area is 171 Å². The topological polar surface area (TPSA) is 84.3 Å². The average molecular weight is 413 g/mol. The van der Waals surface area contributed by atoms with E-state index < -0.39 is 10.0 Å². The monoisotopic (exact) mass is 412 g/mol. The lowest BCUT2D eigenvalue weighted by molar-refractivity contribution is 0.0951. The number of nitrogens with one attached hydrogen (secondary N) is 1. The van der Waals surface area contributed by atoms with Crippen LogP contribution in [0.1, 0.15) is 28.7 Å². The molecule has 1 aromatic heterocycles. The molecule has 0 aliphatic rings. The van der Waals surface area contributed by atoms with Crippen LogP contribution >= 0.6 is 0 Å². The second-order valence-electron chi connectivity index (χ2n) is 6.63. The minimum atomic E-state index is -3.35. The minimum Gasteiger partial charge on any atom is -0.348 e. The smallest absolute Gasteiger partial charge is 0.251 e. The number of hydrogen-bond donors (Lipinski definition) is 1. The molecule has 8 heteroatoms. The highest BCUT2D eigenvalue weighted by atomic mass is 32.2. The fourth-order valence-electron chi connectivity index (χ4n) is 3.19. The first-order valence-corrected chi connectivity index (χ1v) is 11.1. The number of nitrogens with zero attached hydrogens (tertiary/aromatic N) is 3. The number of imidazole rings is 1. The molecule has 0 aliphatic heterocycles. The van der Waals surface area contributed by atoms with Crippen molar-refractivity contribution in [3.05, 3.63) is 77.9 Å². The molecule has 152 valence electrons. The van der Waals surface area contributed by atoms with Crippen molar-refractivity contribution < 1.29 is 13.2 Å². The molecule has 1 amide bonds. The maximum Gasteiger partial charge on any atom is 0.251 e. The van der Waals surface area contributed by atoms with Crippen molar-refractivity contribution in [2.24, 2.45) is 0 Å². The number of sulfonamides is 1. The summed E-state index contributed by atoms with van der Waals surface area (Å²) in [4.78, 5) is 16.8. The zero-order valence-corrected chi connectivity index (χ0v) is 17.5. The molecule has 0 saturated heterocycles. The Morgan fingerprint density at radius 2 is 1.83 bits per heavy atom. The standard InChI is InChI=1S/C21H24N4O3S/c1-4-25(29(3,27)28)19-11-9-17(10-12-19)21(26)23-15-18-7-5-6-8-20(18)24-14-13-22-16(24)2/h5-14H,4,15H2,1-3H3,(H,23,26). The summed E-state index contributed by atoms with van der Waals surface area (Å²) in [6.07, 6.45) is 4.79. The van der Waals surface area contributed by atoms with Crippen molar-refractivity contribution in [2.75, 3.05) is 17.1 Å². The fraction of sp³-hybridized carbons (Fsp3) is 0.238. The lowest BCUT2D eigenvalue weighted by atomic mass is 10.1. The zero-order chi connectivity index (χ0) is 21.0. The third-order valence-electron chi connectivity index (χ3n) is 4.62. The van der Waals surface area contributed by atoms with E-state index in [1.54, 1.807) is 37.4 Å². The first-order chi connectivity index (χ1) is 13.8. The van der Waals surface area contributed by atoms with Gasteiger partial charge >= 0.3 is 0 Å². The molecule has 1 heterocycles. The third-order valence-corrected chi connectivity index (χ3v) is 5.89. The molecule has 29 heavy (non-hydrogen) atoms. The Bertz CT molecular complexity index is 1100. The summed E-state index contributed by atoms with van der Waals surface area (Å²) in [6.45, 7) is 4.38. The molecule has 3 rings (SSSR count). The van der Waals surface area contributed by atoms with Gasteiger partial charge in [-0.2, -0.15) is 0 Å². The molecule has 0 aliphatic carbocycles. The summed E-state index contributed by atoms with van der Waals surface area (Å²) < 4.78 is 26.9. The molecule has 0 spiro atoms. The van der Waals surface area contributed by atoms with Gasteiger partial charge in [0.05, 0.1) is 17.6 Å². The van der Waals surface area contributed by atoms with Crippen molar-refractivity contribution in [1.29, 1.82) is 0 Å². The summed E-state index contributed by atoms with van der Waals surface area (Å²) in [5.41, 5.74) is 2.93. The van der Waals surface area contributed by atoms with Gasteiger partial charge < -0.3 is 9.88 Å². The van der Waals surface area contributed by atoms with Crippen LogP contribution in [0.2, 0.25) is 0 Å². The van der Waals surface area contributed by atoms with Gasteiger partial charge in [0.2, 0.25) is 10.0 Å². The van der Waals surface area contributed by atoms with Crippen LogP contribution in [0.5, 0.6) is 0 Å². The van der Waals surface area contributed by atoms with Crippen molar-refractivity contribution in [3.63, 3.8) is 0 Å². The molecule has 1 N–H and O–H groups in total. The van der Waals surface area contributed by atoms with E-state index in [2.05, 4.69) is 10.3 Å². The molecule has 2 aromatic carbocycles. The van der Waals surface area contributed by atoms with E-state index in [1.165, 1.54) is 4.31 Å². The summed E-state index contributed by atoms with van der Waals surface area (Å²) in [5.74, 6) is 0.641. The van der Waals surface area contributed by atoms with Gasteiger partial charge in [0.25, 0.3) is 5.91 Å². The number of para-hydroxylation sites is 1. The van der Waals surface area contributed by atoms with E-state index in [0.29, 0.717) is 24.3 Å². The number of benzene rings is 2. The van der Waals surface area contributed by atoms with Gasteiger partial charge in [-0.05, 0) is 49.7 Å². The quantitative estimate of drug-likeness (QED) is 0.647. The molecule has 7 nitrogen and oxygen atoms in total. The Kier molecular flexibility index (Phi) is 6.03. The average Bonchev–Trinajstić information content (AvgIpc) is 3.12. The van der Waals surface area contributed by atoms with Gasteiger partial charge in [0.1, 0.15) is 5.82 Å². The van der Waals surface area contributed by atoms with E-state index in [-0.39, 0.29) is 5.91 Å². The number of aryl methyl sites for hydroxylation is 1. The second kappa shape index (κ2) is 8.48. The van der Waals surface area contributed by atoms with Crippen LogP contribution in [0.4, 0.5) is 5.69 Å². The lowest BCUT2D eigenvalue weighted by Gasteiger charge is -2.20. The Hall–Kier alpha value is -3.13. The van der Waals surface area contributed by atoms with Crippen molar-refractivity contribution in [2.45, 2.75) is 20.4 Å². The van der Waals surface area contributed by atoms with Crippen molar-refractivity contribution in [1.82, 2.24) is 14.9 Å². The molecule has 0 radical (unpaired) electrons. The molecular weight excluding hydrogens is 388 g/mol. The number of carbonyl (C=O) groups excluding carboxylic acids is 1. The van der Waals surface area contributed by atoms with E-state index in [9.17, 15) is 13.2 Å². The van der Waals surface area contributed by atoms with Gasteiger partial charge in [-0.3, -0.25) is 9.10 Å². The van der Waals surface area contributed by atoms with Crippen molar-refractivity contribution >= 4 is 21.6 Å². The molecule has 0 atom stereocenters. The summed E-state index contributed by atoms with van der Waals surface area (Å²) >= 11 is 0. The van der Waals surface area contributed by atoms with E-state index >= 15 is 0 Å². The van der Waals surface area contributed by atoms with Crippen LogP contribution in [0.25, 0.3) is 5.69 Å². The van der Waals surface area contributed by atoms with E-state index in [0.717, 1.165) is 23.3 Å². The largest absolute Gasteiger partial charge is 0.348 e. The van der Waals surface area contributed by atoms with Crippen LogP contribution in [-0.2, 0) is 16.6 Å². The van der Waals surface area contributed by atoms with Gasteiger partial charge in [-0.15, -0.1) is 0 Å². The predicted molar refractivity (Wildman–Crippen MR) is 114 cm³/mol.